The molecule has 3 rings (SSSR count). The number of rotatable bonds is 9. The van der Waals surface area contributed by atoms with E-state index in [-0.39, 0.29) is 18.2 Å². The van der Waals surface area contributed by atoms with Crippen molar-refractivity contribution in [3.63, 3.8) is 0 Å². The van der Waals surface area contributed by atoms with Crippen molar-refractivity contribution in [3.05, 3.63) is 33.2 Å². The van der Waals surface area contributed by atoms with E-state index in [1.807, 2.05) is 10.8 Å². The number of amides is 2. The van der Waals surface area contributed by atoms with Gasteiger partial charge in [-0.05, 0) is 13.0 Å². The molecular formula is C17H23N5O2S2. The Morgan fingerprint density at radius 3 is 2.27 bits per heavy atom. The standard InChI is InChI=1S/C17H23N5O2S2/c23-15(19-4-1-13-8-25-11-21-13)7-17(3-6-18-10-17)16(24)20-5-2-14-9-26-12-22-14/h8-9,11-12,18H,1-7,10H2,(H,19,23)(H,20,24). The van der Waals surface area contributed by atoms with Crippen molar-refractivity contribution in [1.29, 1.82) is 0 Å². The van der Waals surface area contributed by atoms with Crippen LogP contribution in [-0.4, -0.2) is 48.0 Å². The van der Waals surface area contributed by atoms with Crippen LogP contribution in [0, 0.1) is 5.41 Å². The molecule has 0 aliphatic carbocycles. The molecule has 0 aromatic carbocycles. The van der Waals surface area contributed by atoms with E-state index in [0.29, 0.717) is 38.9 Å². The molecule has 0 radical (unpaired) electrons. The van der Waals surface area contributed by atoms with E-state index in [4.69, 9.17) is 0 Å². The van der Waals surface area contributed by atoms with E-state index in [1.54, 1.807) is 33.7 Å². The van der Waals surface area contributed by atoms with Crippen LogP contribution in [0.5, 0.6) is 0 Å². The third kappa shape index (κ3) is 5.09. The first kappa shape index (κ1) is 18.9. The minimum absolute atomic E-state index is 0.0487. The van der Waals surface area contributed by atoms with E-state index < -0.39 is 5.41 Å². The lowest BCUT2D eigenvalue weighted by molar-refractivity contribution is -0.135. The number of hydrogen-bond acceptors (Lipinski definition) is 7. The maximum absolute atomic E-state index is 12.7. The molecule has 3 heterocycles. The van der Waals surface area contributed by atoms with Crippen molar-refractivity contribution in [2.45, 2.75) is 25.7 Å². The maximum Gasteiger partial charge on any atom is 0.228 e. The molecular weight excluding hydrogens is 370 g/mol. The lowest BCUT2D eigenvalue weighted by atomic mass is 9.82. The monoisotopic (exact) mass is 393 g/mol. The number of thiazole rings is 2. The molecule has 1 saturated heterocycles. The highest BCUT2D eigenvalue weighted by Gasteiger charge is 2.42. The molecule has 140 valence electrons. The number of carbonyl (C=O) groups is 2. The molecule has 2 aromatic heterocycles. The topological polar surface area (TPSA) is 96.0 Å². The SMILES string of the molecule is O=C(CC1(C(=O)NCCc2cscn2)CCNC1)NCCc1cscn1. The summed E-state index contributed by atoms with van der Waals surface area (Å²) in [6, 6.07) is 0. The van der Waals surface area contributed by atoms with Crippen molar-refractivity contribution < 1.29 is 9.59 Å². The van der Waals surface area contributed by atoms with Gasteiger partial charge in [0.05, 0.1) is 27.8 Å². The molecule has 1 fully saturated rings. The van der Waals surface area contributed by atoms with Crippen LogP contribution >= 0.6 is 22.7 Å². The predicted octanol–water partition coefficient (Wildman–Crippen LogP) is 0.987. The van der Waals surface area contributed by atoms with Gasteiger partial charge in [-0.3, -0.25) is 9.59 Å². The summed E-state index contributed by atoms with van der Waals surface area (Å²) >= 11 is 3.09. The van der Waals surface area contributed by atoms with Crippen LogP contribution in [-0.2, 0) is 22.4 Å². The van der Waals surface area contributed by atoms with Gasteiger partial charge in [0, 0.05) is 49.7 Å². The molecule has 3 N–H and O–H groups in total. The Bertz CT molecular complexity index is 697. The third-order valence-electron chi connectivity index (χ3n) is 4.56. The van der Waals surface area contributed by atoms with E-state index in [2.05, 4.69) is 25.9 Å². The zero-order chi connectivity index (χ0) is 18.2. The van der Waals surface area contributed by atoms with E-state index in [1.165, 1.54) is 0 Å². The molecule has 1 aliphatic heterocycles. The lowest BCUT2D eigenvalue weighted by Gasteiger charge is -2.26. The largest absolute Gasteiger partial charge is 0.356 e. The second-order valence-corrected chi connectivity index (χ2v) is 7.89. The first-order valence-corrected chi connectivity index (χ1v) is 10.6. The fraction of sp³-hybridized carbons (Fsp3) is 0.529. The summed E-state index contributed by atoms with van der Waals surface area (Å²) in [7, 11) is 0. The summed E-state index contributed by atoms with van der Waals surface area (Å²) in [5.41, 5.74) is 4.87. The predicted molar refractivity (Wildman–Crippen MR) is 102 cm³/mol. The molecule has 7 nitrogen and oxygen atoms in total. The molecule has 0 saturated carbocycles. The second-order valence-electron chi connectivity index (χ2n) is 6.45. The van der Waals surface area contributed by atoms with Crippen LogP contribution in [0.25, 0.3) is 0 Å². The summed E-state index contributed by atoms with van der Waals surface area (Å²) in [6.07, 6.45) is 2.30. The van der Waals surface area contributed by atoms with Gasteiger partial charge in [0.15, 0.2) is 0 Å². The van der Waals surface area contributed by atoms with Gasteiger partial charge < -0.3 is 16.0 Å². The van der Waals surface area contributed by atoms with Crippen molar-refractivity contribution in [3.8, 4) is 0 Å². The molecule has 2 aromatic rings. The number of nitrogens with one attached hydrogen (secondary N) is 3. The van der Waals surface area contributed by atoms with Crippen LogP contribution < -0.4 is 16.0 Å². The van der Waals surface area contributed by atoms with Crippen LogP contribution in [0.4, 0.5) is 0 Å². The Morgan fingerprint density at radius 1 is 1.08 bits per heavy atom. The number of aromatic nitrogens is 2. The molecule has 1 aliphatic rings. The van der Waals surface area contributed by atoms with Crippen LogP contribution in [0.1, 0.15) is 24.2 Å². The molecule has 9 heteroatoms. The van der Waals surface area contributed by atoms with Gasteiger partial charge in [0.1, 0.15) is 0 Å². The molecule has 2 amide bonds. The normalized spacial score (nSPS) is 19.4. The highest BCUT2D eigenvalue weighted by molar-refractivity contribution is 7.07. The smallest absolute Gasteiger partial charge is 0.228 e. The quantitative estimate of drug-likeness (QED) is 0.590. The van der Waals surface area contributed by atoms with E-state index in [9.17, 15) is 9.59 Å². The van der Waals surface area contributed by atoms with Gasteiger partial charge in [-0.15, -0.1) is 22.7 Å². The molecule has 1 atom stereocenters. The highest BCUT2D eigenvalue weighted by atomic mass is 32.1. The molecule has 0 bridgehead atoms. The summed E-state index contributed by atoms with van der Waals surface area (Å²) in [4.78, 5) is 33.5. The third-order valence-corrected chi connectivity index (χ3v) is 5.83. The van der Waals surface area contributed by atoms with Crippen molar-refractivity contribution in [1.82, 2.24) is 25.9 Å². The van der Waals surface area contributed by atoms with Crippen molar-refractivity contribution in [2.75, 3.05) is 26.2 Å². The van der Waals surface area contributed by atoms with E-state index in [0.717, 1.165) is 17.9 Å². The zero-order valence-corrected chi connectivity index (χ0v) is 16.1. The average molecular weight is 394 g/mol. The van der Waals surface area contributed by atoms with Gasteiger partial charge in [-0.1, -0.05) is 0 Å². The minimum atomic E-state index is -0.660. The van der Waals surface area contributed by atoms with E-state index >= 15 is 0 Å². The van der Waals surface area contributed by atoms with Gasteiger partial charge in [0.25, 0.3) is 0 Å². The lowest BCUT2D eigenvalue weighted by Crippen LogP contribution is -2.46. The van der Waals surface area contributed by atoms with Crippen LogP contribution in [0.2, 0.25) is 0 Å². The Labute approximate surface area is 160 Å². The van der Waals surface area contributed by atoms with Gasteiger partial charge in [-0.2, -0.15) is 0 Å². The van der Waals surface area contributed by atoms with Gasteiger partial charge in [0.2, 0.25) is 11.8 Å². The van der Waals surface area contributed by atoms with Crippen molar-refractivity contribution >= 4 is 34.5 Å². The first-order valence-electron chi connectivity index (χ1n) is 8.68. The fourth-order valence-electron chi connectivity index (χ4n) is 3.08. The Kier molecular flexibility index (Phi) is 6.70. The number of hydrogen-bond donors (Lipinski definition) is 3. The fourth-order valence-corrected chi connectivity index (χ4v) is 4.27. The van der Waals surface area contributed by atoms with Crippen LogP contribution in [0.3, 0.4) is 0 Å². The summed E-state index contributed by atoms with van der Waals surface area (Å²) in [6.45, 7) is 2.37. The van der Waals surface area contributed by atoms with Gasteiger partial charge in [-0.25, -0.2) is 9.97 Å². The molecule has 26 heavy (non-hydrogen) atoms. The Balaban J connectivity index is 1.46. The summed E-state index contributed by atoms with van der Waals surface area (Å²) in [5, 5.41) is 13.1. The van der Waals surface area contributed by atoms with Crippen molar-refractivity contribution in [2.24, 2.45) is 5.41 Å². The minimum Gasteiger partial charge on any atom is -0.356 e. The first-order chi connectivity index (χ1) is 12.7. The molecule has 1 unspecified atom stereocenters. The highest BCUT2D eigenvalue weighted by Crippen LogP contribution is 2.30. The number of nitrogens with zero attached hydrogens (tertiary/aromatic N) is 2. The zero-order valence-electron chi connectivity index (χ0n) is 14.5. The number of carbonyl (C=O) groups excluding carboxylic acids is 2. The van der Waals surface area contributed by atoms with Gasteiger partial charge >= 0.3 is 0 Å². The maximum atomic E-state index is 12.7. The average Bonchev–Trinajstić information content (AvgIpc) is 3.38. The summed E-state index contributed by atoms with van der Waals surface area (Å²) in [5.74, 6) is -0.133. The Morgan fingerprint density at radius 2 is 1.73 bits per heavy atom. The molecule has 0 spiro atoms. The Hall–Kier alpha value is -1.84. The second kappa shape index (κ2) is 9.20. The van der Waals surface area contributed by atoms with Crippen LogP contribution in [0.15, 0.2) is 21.8 Å². The summed E-state index contributed by atoms with van der Waals surface area (Å²) < 4.78 is 0.